The van der Waals surface area contributed by atoms with Crippen LogP contribution < -0.4 is 0 Å². The summed E-state index contributed by atoms with van der Waals surface area (Å²) in [7, 11) is 1.85. The molecule has 3 heteroatoms. The van der Waals surface area contributed by atoms with E-state index in [1.54, 1.807) is 11.8 Å². The molecule has 1 N–H and O–H groups in total. The molecule has 86 valence electrons. The minimum atomic E-state index is -0.307. The Balaban J connectivity index is 1.71. The van der Waals surface area contributed by atoms with E-state index in [-0.39, 0.29) is 6.10 Å². The van der Waals surface area contributed by atoms with Gasteiger partial charge in [-0.2, -0.15) is 0 Å². The van der Waals surface area contributed by atoms with E-state index in [2.05, 4.69) is 0 Å². The van der Waals surface area contributed by atoms with Crippen LogP contribution >= 0.6 is 0 Å². The predicted octanol–water partition coefficient (Wildman–Crippen LogP) is 1.26. The van der Waals surface area contributed by atoms with Gasteiger partial charge in [0.2, 0.25) is 5.91 Å². The summed E-state index contributed by atoms with van der Waals surface area (Å²) in [6, 6.07) is 0. The summed E-state index contributed by atoms with van der Waals surface area (Å²) in [5.41, 5.74) is 0. The number of aliphatic hydroxyl groups is 1. The fourth-order valence-electron chi connectivity index (χ4n) is 2.32. The van der Waals surface area contributed by atoms with Crippen molar-refractivity contribution in [2.45, 2.75) is 38.7 Å². The van der Waals surface area contributed by atoms with Gasteiger partial charge in [0.15, 0.2) is 0 Å². The first-order valence-electron chi connectivity index (χ1n) is 6.02. The van der Waals surface area contributed by atoms with Gasteiger partial charge in [-0.05, 0) is 44.4 Å². The Kier molecular flexibility index (Phi) is 3.01. The minimum Gasteiger partial charge on any atom is -0.393 e. The lowest BCUT2D eigenvalue weighted by Gasteiger charge is -2.18. The van der Waals surface area contributed by atoms with E-state index in [4.69, 9.17) is 5.11 Å². The van der Waals surface area contributed by atoms with Gasteiger partial charge in [0.1, 0.15) is 0 Å². The summed E-state index contributed by atoms with van der Waals surface area (Å²) in [6.07, 6.45) is 4.17. The first kappa shape index (κ1) is 10.9. The molecule has 0 spiro atoms. The van der Waals surface area contributed by atoms with Crippen LogP contribution in [0.1, 0.15) is 32.6 Å². The van der Waals surface area contributed by atoms with E-state index in [0.29, 0.717) is 30.7 Å². The third-order valence-electron chi connectivity index (χ3n) is 3.64. The zero-order valence-electron chi connectivity index (χ0n) is 9.65. The van der Waals surface area contributed by atoms with E-state index in [1.165, 1.54) is 12.8 Å². The molecule has 0 heterocycles. The van der Waals surface area contributed by atoms with E-state index >= 15 is 0 Å². The molecule has 1 amide bonds. The van der Waals surface area contributed by atoms with Crippen molar-refractivity contribution in [1.29, 1.82) is 0 Å². The van der Waals surface area contributed by atoms with Crippen LogP contribution in [0.4, 0.5) is 0 Å². The van der Waals surface area contributed by atoms with Gasteiger partial charge in [-0.25, -0.2) is 0 Å². The van der Waals surface area contributed by atoms with Gasteiger partial charge in [0, 0.05) is 19.5 Å². The van der Waals surface area contributed by atoms with Gasteiger partial charge in [0.25, 0.3) is 0 Å². The van der Waals surface area contributed by atoms with Crippen LogP contribution in [0.15, 0.2) is 0 Å². The zero-order valence-corrected chi connectivity index (χ0v) is 9.65. The second-order valence-electron chi connectivity index (χ2n) is 5.24. The van der Waals surface area contributed by atoms with Crippen molar-refractivity contribution >= 4 is 5.91 Å². The number of rotatable bonds is 5. The summed E-state index contributed by atoms with van der Waals surface area (Å²) in [5.74, 6) is 2.18. The summed E-state index contributed by atoms with van der Waals surface area (Å²) in [5, 5.41) is 9.15. The van der Waals surface area contributed by atoms with E-state index in [9.17, 15) is 4.79 Å². The van der Waals surface area contributed by atoms with Crippen LogP contribution in [0, 0.1) is 17.8 Å². The van der Waals surface area contributed by atoms with Gasteiger partial charge >= 0.3 is 0 Å². The van der Waals surface area contributed by atoms with Gasteiger partial charge < -0.3 is 10.0 Å². The smallest absolute Gasteiger partial charge is 0.225 e. The van der Waals surface area contributed by atoms with Crippen molar-refractivity contribution in [2.75, 3.05) is 13.6 Å². The lowest BCUT2D eigenvalue weighted by molar-refractivity contribution is -0.131. The molecule has 3 atom stereocenters. The molecule has 2 aliphatic carbocycles. The molecule has 0 saturated heterocycles. The predicted molar refractivity (Wildman–Crippen MR) is 58.3 cm³/mol. The number of aliphatic hydroxyl groups excluding tert-OH is 1. The Morgan fingerprint density at radius 1 is 1.53 bits per heavy atom. The first-order valence-corrected chi connectivity index (χ1v) is 6.02. The molecule has 0 aliphatic heterocycles. The number of hydrogen-bond acceptors (Lipinski definition) is 2. The van der Waals surface area contributed by atoms with Crippen molar-refractivity contribution in [2.24, 2.45) is 17.8 Å². The lowest BCUT2D eigenvalue weighted by Crippen LogP contribution is -2.31. The number of carbonyl (C=O) groups is 1. The second-order valence-corrected chi connectivity index (χ2v) is 5.24. The zero-order chi connectivity index (χ0) is 11.0. The van der Waals surface area contributed by atoms with Gasteiger partial charge in [-0.1, -0.05) is 0 Å². The van der Waals surface area contributed by atoms with Crippen molar-refractivity contribution in [3.05, 3.63) is 0 Å². The average Bonchev–Trinajstić information content (AvgIpc) is 3.02. The quantitative estimate of drug-likeness (QED) is 0.743. The molecule has 0 radical (unpaired) electrons. The van der Waals surface area contributed by atoms with Crippen LogP contribution in [0.25, 0.3) is 0 Å². The van der Waals surface area contributed by atoms with Crippen molar-refractivity contribution in [3.8, 4) is 0 Å². The molecule has 3 unspecified atom stereocenters. The van der Waals surface area contributed by atoms with Crippen LogP contribution in [-0.4, -0.2) is 35.6 Å². The maximum atomic E-state index is 11.9. The Morgan fingerprint density at radius 2 is 2.20 bits per heavy atom. The van der Waals surface area contributed by atoms with E-state index in [1.807, 2.05) is 7.05 Å². The SMILES string of the molecule is CC(O)CCN(C)C(=O)C1CC1C1CC1. The monoisotopic (exact) mass is 211 g/mol. The molecule has 0 aromatic carbocycles. The topological polar surface area (TPSA) is 40.5 Å². The first-order chi connectivity index (χ1) is 7.09. The van der Waals surface area contributed by atoms with Gasteiger partial charge in [-0.15, -0.1) is 0 Å². The van der Waals surface area contributed by atoms with Gasteiger partial charge in [0.05, 0.1) is 6.10 Å². The van der Waals surface area contributed by atoms with E-state index < -0.39 is 0 Å². The molecule has 2 aliphatic rings. The molecule has 0 aromatic heterocycles. The number of nitrogens with zero attached hydrogens (tertiary/aromatic N) is 1. The Hall–Kier alpha value is -0.570. The highest BCUT2D eigenvalue weighted by atomic mass is 16.3. The van der Waals surface area contributed by atoms with Crippen molar-refractivity contribution < 1.29 is 9.90 Å². The third kappa shape index (κ3) is 2.71. The lowest BCUT2D eigenvalue weighted by atomic mass is 10.2. The minimum absolute atomic E-state index is 0.299. The summed E-state index contributed by atoms with van der Waals surface area (Å²) >= 11 is 0. The van der Waals surface area contributed by atoms with Crippen molar-refractivity contribution in [1.82, 2.24) is 4.90 Å². The fourth-order valence-corrected chi connectivity index (χ4v) is 2.32. The average molecular weight is 211 g/mol. The largest absolute Gasteiger partial charge is 0.393 e. The molecule has 2 fully saturated rings. The van der Waals surface area contributed by atoms with Crippen LogP contribution in [-0.2, 0) is 4.79 Å². The highest BCUT2D eigenvalue weighted by Gasteiger charge is 2.51. The van der Waals surface area contributed by atoms with Gasteiger partial charge in [-0.3, -0.25) is 4.79 Å². The Morgan fingerprint density at radius 3 is 2.73 bits per heavy atom. The third-order valence-corrected chi connectivity index (χ3v) is 3.64. The molecule has 2 rings (SSSR count). The maximum Gasteiger partial charge on any atom is 0.225 e. The highest BCUT2D eigenvalue weighted by Crippen LogP contribution is 2.54. The van der Waals surface area contributed by atoms with E-state index in [0.717, 1.165) is 12.3 Å². The normalized spacial score (nSPS) is 31.1. The number of hydrogen-bond donors (Lipinski definition) is 1. The number of amides is 1. The standard InChI is InChI=1S/C12H21NO2/c1-8(14)5-6-13(2)12(15)11-7-10(11)9-3-4-9/h8-11,14H,3-7H2,1-2H3. The fraction of sp³-hybridized carbons (Fsp3) is 0.917. The van der Waals surface area contributed by atoms with Crippen LogP contribution in [0.3, 0.4) is 0 Å². The summed E-state index contributed by atoms with van der Waals surface area (Å²) in [4.78, 5) is 13.7. The Bertz CT molecular complexity index is 248. The van der Waals surface area contributed by atoms with Crippen LogP contribution in [0.2, 0.25) is 0 Å². The maximum absolute atomic E-state index is 11.9. The second kappa shape index (κ2) is 4.12. The molecule has 15 heavy (non-hydrogen) atoms. The molecule has 0 aromatic rings. The Labute approximate surface area is 91.5 Å². The molecular weight excluding hydrogens is 190 g/mol. The highest BCUT2D eigenvalue weighted by molar-refractivity contribution is 5.81. The molecule has 2 saturated carbocycles. The molecule has 0 bridgehead atoms. The summed E-state index contributed by atoms with van der Waals surface area (Å²) < 4.78 is 0. The summed E-state index contributed by atoms with van der Waals surface area (Å²) in [6.45, 7) is 2.45. The molecular formula is C12H21NO2. The number of carbonyl (C=O) groups excluding carboxylic acids is 1. The molecule has 3 nitrogen and oxygen atoms in total. The van der Waals surface area contributed by atoms with Crippen molar-refractivity contribution in [3.63, 3.8) is 0 Å². The van der Waals surface area contributed by atoms with Crippen LogP contribution in [0.5, 0.6) is 0 Å².